The number of hydrogen-bond acceptors (Lipinski definition) is 2. The van der Waals surface area contributed by atoms with Gasteiger partial charge in [0.15, 0.2) is 0 Å². The van der Waals surface area contributed by atoms with Crippen LogP contribution in [0.3, 0.4) is 0 Å². The van der Waals surface area contributed by atoms with Crippen molar-refractivity contribution in [3.63, 3.8) is 0 Å². The van der Waals surface area contributed by atoms with Gasteiger partial charge in [0.05, 0.1) is 0 Å². The lowest BCUT2D eigenvalue weighted by Crippen LogP contribution is -2.12. The second kappa shape index (κ2) is 5.19. The molecule has 1 aliphatic carbocycles. The minimum atomic E-state index is 0.662. The van der Waals surface area contributed by atoms with E-state index in [9.17, 15) is 0 Å². The Morgan fingerprint density at radius 1 is 1.20 bits per heavy atom. The molecular formula is C12H21N3. The molecule has 1 aliphatic rings. The Morgan fingerprint density at radius 2 is 1.87 bits per heavy atom. The van der Waals surface area contributed by atoms with Gasteiger partial charge in [-0.25, -0.2) is 4.98 Å². The monoisotopic (exact) mass is 207 g/mol. The van der Waals surface area contributed by atoms with E-state index in [2.05, 4.69) is 21.1 Å². The fourth-order valence-electron chi connectivity index (χ4n) is 2.51. The molecule has 1 N–H and O–H groups in total. The Kier molecular flexibility index (Phi) is 3.64. The van der Waals surface area contributed by atoms with E-state index in [0.717, 1.165) is 5.95 Å². The van der Waals surface area contributed by atoms with Crippen LogP contribution in [0.15, 0.2) is 12.4 Å². The van der Waals surface area contributed by atoms with Crippen molar-refractivity contribution >= 4 is 5.95 Å². The van der Waals surface area contributed by atoms with Crippen molar-refractivity contribution in [1.82, 2.24) is 9.55 Å². The van der Waals surface area contributed by atoms with Gasteiger partial charge in [-0.2, -0.15) is 0 Å². The van der Waals surface area contributed by atoms with Gasteiger partial charge in [0, 0.05) is 25.5 Å². The average molecular weight is 207 g/mol. The Bertz CT molecular complexity index is 285. The van der Waals surface area contributed by atoms with Crippen molar-refractivity contribution in [3.05, 3.63) is 12.4 Å². The lowest BCUT2D eigenvalue weighted by molar-refractivity contribution is 0.375. The summed E-state index contributed by atoms with van der Waals surface area (Å²) in [5, 5.41) is 3.16. The highest BCUT2D eigenvalue weighted by molar-refractivity contribution is 5.25. The van der Waals surface area contributed by atoms with Gasteiger partial charge in [0.2, 0.25) is 5.95 Å². The third-order valence-corrected chi connectivity index (χ3v) is 3.36. The molecule has 0 aromatic carbocycles. The van der Waals surface area contributed by atoms with Crippen LogP contribution in [0.5, 0.6) is 0 Å². The van der Waals surface area contributed by atoms with Gasteiger partial charge in [-0.3, -0.25) is 0 Å². The third kappa shape index (κ3) is 2.52. The maximum Gasteiger partial charge on any atom is 0.202 e. The average Bonchev–Trinajstić information content (AvgIpc) is 2.65. The molecule has 1 fully saturated rings. The van der Waals surface area contributed by atoms with Crippen LogP contribution in [0.2, 0.25) is 0 Å². The fraction of sp³-hybridized carbons (Fsp3) is 0.750. The maximum atomic E-state index is 4.32. The Labute approximate surface area is 91.9 Å². The summed E-state index contributed by atoms with van der Waals surface area (Å²) >= 11 is 0. The lowest BCUT2D eigenvalue weighted by atomic mass is 9.96. The summed E-state index contributed by atoms with van der Waals surface area (Å²) in [4.78, 5) is 4.32. The molecule has 84 valence electrons. The van der Waals surface area contributed by atoms with Crippen molar-refractivity contribution < 1.29 is 0 Å². The first-order valence-corrected chi connectivity index (χ1v) is 6.12. The van der Waals surface area contributed by atoms with Crippen molar-refractivity contribution in [1.29, 1.82) is 0 Å². The molecule has 2 rings (SSSR count). The lowest BCUT2D eigenvalue weighted by Gasteiger charge is -2.22. The molecule has 3 nitrogen and oxygen atoms in total. The fourth-order valence-corrected chi connectivity index (χ4v) is 2.51. The van der Waals surface area contributed by atoms with Gasteiger partial charge in [-0.15, -0.1) is 0 Å². The van der Waals surface area contributed by atoms with Gasteiger partial charge >= 0.3 is 0 Å². The van der Waals surface area contributed by atoms with E-state index >= 15 is 0 Å². The van der Waals surface area contributed by atoms with Crippen molar-refractivity contribution in [2.75, 3.05) is 12.4 Å². The summed E-state index contributed by atoms with van der Waals surface area (Å²) in [7, 11) is 1.95. The van der Waals surface area contributed by atoms with Gasteiger partial charge in [0.25, 0.3) is 0 Å². The SMILES string of the molecule is CNc1nccn1C1CCCCCCC1. The summed E-state index contributed by atoms with van der Waals surface area (Å²) in [5.74, 6) is 1.01. The number of anilines is 1. The van der Waals surface area contributed by atoms with Crippen LogP contribution in [0.1, 0.15) is 51.0 Å². The highest BCUT2D eigenvalue weighted by Gasteiger charge is 2.15. The number of nitrogens with one attached hydrogen (secondary N) is 1. The second-order valence-corrected chi connectivity index (χ2v) is 4.41. The van der Waals surface area contributed by atoms with Crippen LogP contribution in [-0.2, 0) is 0 Å². The maximum absolute atomic E-state index is 4.32. The molecule has 1 aromatic heterocycles. The minimum absolute atomic E-state index is 0.662. The van der Waals surface area contributed by atoms with E-state index in [1.807, 2.05) is 13.2 Å². The first-order chi connectivity index (χ1) is 7.42. The molecule has 1 saturated carbocycles. The number of aromatic nitrogens is 2. The van der Waals surface area contributed by atoms with Gasteiger partial charge < -0.3 is 9.88 Å². The summed E-state index contributed by atoms with van der Waals surface area (Å²) in [6.07, 6.45) is 13.6. The molecule has 0 atom stereocenters. The first-order valence-electron chi connectivity index (χ1n) is 6.12. The van der Waals surface area contributed by atoms with E-state index in [-0.39, 0.29) is 0 Å². The molecule has 0 amide bonds. The summed E-state index contributed by atoms with van der Waals surface area (Å²) in [6, 6.07) is 0.662. The molecule has 3 heteroatoms. The zero-order chi connectivity index (χ0) is 10.5. The molecule has 0 unspecified atom stereocenters. The number of hydrogen-bond donors (Lipinski definition) is 1. The van der Waals surface area contributed by atoms with Crippen molar-refractivity contribution in [2.24, 2.45) is 0 Å². The van der Waals surface area contributed by atoms with E-state index in [0.29, 0.717) is 6.04 Å². The van der Waals surface area contributed by atoms with E-state index in [4.69, 9.17) is 0 Å². The van der Waals surface area contributed by atoms with E-state index < -0.39 is 0 Å². The molecule has 0 bridgehead atoms. The number of imidazole rings is 1. The third-order valence-electron chi connectivity index (χ3n) is 3.36. The van der Waals surface area contributed by atoms with Crippen LogP contribution >= 0.6 is 0 Å². The summed E-state index contributed by atoms with van der Waals surface area (Å²) in [6.45, 7) is 0. The Balaban J connectivity index is 2.06. The molecule has 0 radical (unpaired) electrons. The molecule has 1 heterocycles. The topological polar surface area (TPSA) is 29.9 Å². The number of rotatable bonds is 2. The van der Waals surface area contributed by atoms with Crippen LogP contribution in [0.4, 0.5) is 5.95 Å². The Morgan fingerprint density at radius 3 is 2.53 bits per heavy atom. The predicted octanol–water partition coefficient (Wildman–Crippen LogP) is 3.21. The van der Waals surface area contributed by atoms with Crippen LogP contribution < -0.4 is 5.32 Å². The highest BCUT2D eigenvalue weighted by Crippen LogP contribution is 2.28. The molecule has 1 aromatic rings. The van der Waals surface area contributed by atoms with Gasteiger partial charge in [-0.05, 0) is 12.8 Å². The van der Waals surface area contributed by atoms with E-state index in [1.165, 1.54) is 44.9 Å². The molecule has 15 heavy (non-hydrogen) atoms. The molecule has 0 aliphatic heterocycles. The number of nitrogens with zero attached hydrogens (tertiary/aromatic N) is 2. The zero-order valence-corrected chi connectivity index (χ0v) is 9.58. The molecule has 0 saturated heterocycles. The zero-order valence-electron chi connectivity index (χ0n) is 9.58. The van der Waals surface area contributed by atoms with E-state index in [1.54, 1.807) is 0 Å². The highest BCUT2D eigenvalue weighted by atomic mass is 15.2. The normalized spacial score (nSPS) is 19.5. The molecule has 0 spiro atoms. The van der Waals surface area contributed by atoms with Gasteiger partial charge in [-0.1, -0.05) is 32.1 Å². The van der Waals surface area contributed by atoms with Crippen molar-refractivity contribution in [3.8, 4) is 0 Å². The standard InChI is InChI=1S/C12H21N3/c1-13-12-14-9-10-15(12)11-7-5-3-2-4-6-8-11/h9-11H,2-8H2,1H3,(H,13,14). The van der Waals surface area contributed by atoms with Crippen LogP contribution in [-0.4, -0.2) is 16.6 Å². The van der Waals surface area contributed by atoms with Gasteiger partial charge in [0.1, 0.15) is 0 Å². The summed E-state index contributed by atoms with van der Waals surface area (Å²) in [5.41, 5.74) is 0. The quantitative estimate of drug-likeness (QED) is 0.807. The largest absolute Gasteiger partial charge is 0.359 e. The Hall–Kier alpha value is -0.990. The first kappa shape index (κ1) is 10.5. The van der Waals surface area contributed by atoms with Crippen LogP contribution in [0, 0.1) is 0 Å². The smallest absolute Gasteiger partial charge is 0.202 e. The van der Waals surface area contributed by atoms with Crippen molar-refractivity contribution in [2.45, 2.75) is 51.0 Å². The second-order valence-electron chi connectivity index (χ2n) is 4.41. The molecular weight excluding hydrogens is 186 g/mol. The summed E-state index contributed by atoms with van der Waals surface area (Å²) < 4.78 is 2.31. The minimum Gasteiger partial charge on any atom is -0.359 e. The van der Waals surface area contributed by atoms with Crippen LogP contribution in [0.25, 0.3) is 0 Å². The predicted molar refractivity (Wildman–Crippen MR) is 63.1 cm³/mol.